The minimum absolute atomic E-state index is 0.128. The smallest absolute Gasteiger partial charge is 0.354 e. The first-order valence-electron chi connectivity index (χ1n) is 19.4. The lowest BCUT2D eigenvalue weighted by Gasteiger charge is -2.19. The molecule has 0 unspecified atom stereocenters. The van der Waals surface area contributed by atoms with Gasteiger partial charge in [-0.3, -0.25) is 0 Å². The Kier molecular flexibility index (Phi) is 6.84. The molecule has 0 saturated carbocycles. The molecule has 0 saturated heterocycles. The van der Waals surface area contributed by atoms with E-state index in [1.807, 2.05) is 91.0 Å². The summed E-state index contributed by atoms with van der Waals surface area (Å²) in [5.41, 5.74) is 8.51. The molecular weight excluding hydrogens is 754 g/mol. The molecule has 0 amide bonds. The summed E-state index contributed by atoms with van der Waals surface area (Å²) in [4.78, 5) is 7.14. The fourth-order valence-electron chi connectivity index (χ4n) is 9.45. The fraction of sp³-hybridized carbons (Fsp3) is 0.0196. The van der Waals surface area contributed by atoms with E-state index in [4.69, 9.17) is 0 Å². The van der Waals surface area contributed by atoms with Gasteiger partial charge in [0.25, 0.3) is 0 Å². The number of para-hydroxylation sites is 4. The molecule has 2 N–H and O–H groups in total. The number of hydrogen-bond acceptors (Lipinski definition) is 2. The zero-order valence-corrected chi connectivity index (χ0v) is 31.4. The first-order chi connectivity index (χ1) is 29.3. The van der Waals surface area contributed by atoms with Crippen LogP contribution >= 0.6 is 0 Å². The van der Waals surface area contributed by atoms with Gasteiger partial charge in [0.1, 0.15) is 11.6 Å². The maximum atomic E-state index is 14.0. The third-order valence-electron chi connectivity index (χ3n) is 12.1. The molecule has 0 spiro atoms. The van der Waals surface area contributed by atoms with Crippen LogP contribution in [-0.2, 0) is 6.18 Å². The SMILES string of the molecule is N#Cc1cc(C(F)(F)F)ccc1-c1cc(-n2c3ccccc3c3cc4[nH]c5ccccc5c4cc32)c(C#N)c(-n2c3ccccc3c3cc4[nH]c5ccccc5c4cc32)c1. The predicted octanol–water partition coefficient (Wildman–Crippen LogP) is 13.6. The Labute approximate surface area is 338 Å². The quantitative estimate of drug-likeness (QED) is 0.187. The van der Waals surface area contributed by atoms with Crippen LogP contribution in [0.2, 0.25) is 0 Å². The number of nitriles is 2. The van der Waals surface area contributed by atoms with Crippen LogP contribution in [0.3, 0.4) is 0 Å². The number of benzene rings is 8. The maximum Gasteiger partial charge on any atom is 0.416 e. The molecule has 0 radical (unpaired) electrons. The number of hydrogen-bond donors (Lipinski definition) is 2. The fourth-order valence-corrected chi connectivity index (χ4v) is 9.45. The monoisotopic (exact) mass is 780 g/mol. The van der Waals surface area contributed by atoms with E-state index in [2.05, 4.69) is 73.7 Å². The van der Waals surface area contributed by atoms with Crippen LogP contribution in [0.25, 0.3) is 110 Å². The van der Waals surface area contributed by atoms with Gasteiger partial charge in [-0.05, 0) is 83.9 Å². The van der Waals surface area contributed by atoms with Gasteiger partial charge in [0.05, 0.1) is 50.6 Å². The molecule has 4 aromatic heterocycles. The first kappa shape index (κ1) is 33.8. The summed E-state index contributed by atoms with van der Waals surface area (Å²) in [5, 5.41) is 29.9. The molecule has 12 rings (SSSR count). The molecule has 0 aliphatic heterocycles. The van der Waals surface area contributed by atoms with Crippen molar-refractivity contribution in [1.82, 2.24) is 19.1 Å². The molecular formula is C51H27F3N6. The third-order valence-corrected chi connectivity index (χ3v) is 12.1. The highest BCUT2D eigenvalue weighted by Gasteiger charge is 2.32. The Morgan fingerprint density at radius 2 is 0.917 bits per heavy atom. The topological polar surface area (TPSA) is 89.0 Å². The molecule has 8 aromatic carbocycles. The number of nitrogens with zero attached hydrogens (tertiary/aromatic N) is 4. The average molecular weight is 781 g/mol. The summed E-state index contributed by atoms with van der Waals surface area (Å²) in [7, 11) is 0. The summed E-state index contributed by atoms with van der Waals surface area (Å²) in [5.74, 6) is 0. The van der Waals surface area contributed by atoms with E-state index in [1.165, 1.54) is 6.07 Å². The molecule has 9 heteroatoms. The van der Waals surface area contributed by atoms with Gasteiger partial charge < -0.3 is 19.1 Å². The summed E-state index contributed by atoms with van der Waals surface area (Å²) < 4.78 is 46.3. The number of H-pyrrole nitrogens is 2. The molecule has 60 heavy (non-hydrogen) atoms. The van der Waals surface area contributed by atoms with Crippen molar-refractivity contribution in [3.63, 3.8) is 0 Å². The van der Waals surface area contributed by atoms with E-state index in [0.717, 1.165) is 99.4 Å². The highest BCUT2D eigenvalue weighted by molar-refractivity contribution is 6.20. The predicted molar refractivity (Wildman–Crippen MR) is 234 cm³/mol. The molecule has 282 valence electrons. The second-order valence-corrected chi connectivity index (χ2v) is 15.2. The lowest BCUT2D eigenvalue weighted by molar-refractivity contribution is -0.137. The standard InChI is InChI=1S/C51H27F3N6/c52-51(53,54)30-17-18-31(29(19-30)26-55)28-20-47(59-45-15-7-3-11-34(45)38-22-43-36(24-49(38)59)32-9-1-5-13-41(32)57-43)40(27-56)48(21-28)60-46-16-8-4-12-35(46)39-23-44-37(25-50(39)60)33-10-2-6-14-42(33)58-44/h1-25,57-58H. The minimum atomic E-state index is -4.64. The van der Waals surface area contributed by atoms with Crippen molar-refractivity contribution in [3.05, 3.63) is 168 Å². The largest absolute Gasteiger partial charge is 0.416 e. The molecule has 0 fully saturated rings. The van der Waals surface area contributed by atoms with Gasteiger partial charge in [-0.15, -0.1) is 0 Å². The Bertz CT molecular complexity index is 3710. The van der Waals surface area contributed by atoms with Gasteiger partial charge >= 0.3 is 6.18 Å². The van der Waals surface area contributed by atoms with Crippen LogP contribution < -0.4 is 0 Å². The van der Waals surface area contributed by atoms with Crippen LogP contribution in [0.4, 0.5) is 13.2 Å². The highest BCUT2D eigenvalue weighted by atomic mass is 19.4. The van der Waals surface area contributed by atoms with Gasteiger partial charge in [-0.25, -0.2) is 0 Å². The Morgan fingerprint density at radius 3 is 1.40 bits per heavy atom. The molecule has 0 atom stereocenters. The van der Waals surface area contributed by atoms with Gasteiger partial charge in [0, 0.05) is 65.2 Å². The van der Waals surface area contributed by atoms with E-state index >= 15 is 0 Å². The van der Waals surface area contributed by atoms with Crippen LogP contribution in [0, 0.1) is 22.7 Å². The van der Waals surface area contributed by atoms with Crippen molar-refractivity contribution in [1.29, 1.82) is 10.5 Å². The van der Waals surface area contributed by atoms with Gasteiger partial charge in [-0.2, -0.15) is 23.7 Å². The summed E-state index contributed by atoms with van der Waals surface area (Å²) >= 11 is 0. The second kappa shape index (κ2) is 12.1. The number of halogens is 3. The summed E-state index contributed by atoms with van der Waals surface area (Å²) in [6.45, 7) is 0. The molecule has 0 aliphatic carbocycles. The van der Waals surface area contributed by atoms with Crippen molar-refractivity contribution >= 4 is 87.2 Å². The van der Waals surface area contributed by atoms with Gasteiger partial charge in [0.2, 0.25) is 0 Å². The van der Waals surface area contributed by atoms with Crippen LogP contribution in [0.1, 0.15) is 16.7 Å². The normalized spacial score (nSPS) is 12.2. The van der Waals surface area contributed by atoms with E-state index in [0.29, 0.717) is 28.1 Å². The number of fused-ring (bicyclic) bond motifs is 12. The number of alkyl halides is 3. The number of aromatic amines is 2. The van der Waals surface area contributed by atoms with Crippen molar-refractivity contribution < 1.29 is 13.2 Å². The lowest BCUT2D eigenvalue weighted by Crippen LogP contribution is -2.07. The van der Waals surface area contributed by atoms with E-state index in [9.17, 15) is 23.7 Å². The number of rotatable bonds is 3. The maximum absolute atomic E-state index is 14.0. The minimum Gasteiger partial charge on any atom is -0.354 e. The van der Waals surface area contributed by atoms with E-state index in [-0.39, 0.29) is 5.56 Å². The molecule has 4 heterocycles. The molecule has 12 aromatic rings. The summed E-state index contributed by atoms with van der Waals surface area (Å²) in [6, 6.07) is 52.4. The average Bonchev–Trinajstić information content (AvgIpc) is 4.01. The van der Waals surface area contributed by atoms with Crippen molar-refractivity contribution in [3.8, 4) is 34.6 Å². The Morgan fingerprint density at radius 1 is 0.433 bits per heavy atom. The lowest BCUT2D eigenvalue weighted by atomic mass is 9.95. The van der Waals surface area contributed by atoms with Crippen molar-refractivity contribution in [2.24, 2.45) is 0 Å². The van der Waals surface area contributed by atoms with Gasteiger partial charge in [-0.1, -0.05) is 78.9 Å². The van der Waals surface area contributed by atoms with E-state index in [1.54, 1.807) is 0 Å². The zero-order valence-electron chi connectivity index (χ0n) is 31.4. The highest BCUT2D eigenvalue weighted by Crippen LogP contribution is 2.44. The number of aromatic nitrogens is 4. The first-order valence-corrected chi connectivity index (χ1v) is 19.4. The van der Waals surface area contributed by atoms with Crippen LogP contribution in [-0.4, -0.2) is 19.1 Å². The van der Waals surface area contributed by atoms with Gasteiger partial charge in [0.15, 0.2) is 0 Å². The van der Waals surface area contributed by atoms with E-state index < -0.39 is 11.7 Å². The van der Waals surface area contributed by atoms with Crippen LogP contribution in [0.15, 0.2) is 152 Å². The summed E-state index contributed by atoms with van der Waals surface area (Å²) in [6.07, 6.45) is -4.64. The second-order valence-electron chi connectivity index (χ2n) is 15.2. The van der Waals surface area contributed by atoms with Crippen LogP contribution in [0.5, 0.6) is 0 Å². The molecule has 0 aliphatic rings. The molecule has 0 bridgehead atoms. The molecule has 6 nitrogen and oxygen atoms in total. The Hall–Kier alpha value is -8.27. The zero-order chi connectivity index (χ0) is 40.4. The van der Waals surface area contributed by atoms with Crippen molar-refractivity contribution in [2.45, 2.75) is 6.18 Å². The van der Waals surface area contributed by atoms with Crippen molar-refractivity contribution in [2.75, 3.05) is 0 Å². The number of nitrogens with one attached hydrogen (secondary N) is 2. The Balaban J connectivity index is 1.25. The third kappa shape index (κ3) is 4.69.